The van der Waals surface area contributed by atoms with Crippen molar-refractivity contribution in [2.75, 3.05) is 18.9 Å². The Kier molecular flexibility index (Phi) is 12.9. The number of phosphoric ester groups is 2. The van der Waals surface area contributed by atoms with Crippen LogP contribution in [0.2, 0.25) is 0 Å². The van der Waals surface area contributed by atoms with Crippen LogP contribution in [0.3, 0.4) is 0 Å². The lowest BCUT2D eigenvalue weighted by Gasteiger charge is -2.27. The molecule has 35 heteroatoms. The highest BCUT2D eigenvalue weighted by molar-refractivity contribution is 7.74. The van der Waals surface area contributed by atoms with E-state index in [0.717, 1.165) is 29.4 Å². The van der Waals surface area contributed by atoms with Crippen molar-refractivity contribution in [3.63, 3.8) is 0 Å². The lowest BCUT2D eigenvalue weighted by Crippen LogP contribution is -2.46. The Balaban J connectivity index is 1.12. The van der Waals surface area contributed by atoms with Crippen molar-refractivity contribution in [1.29, 1.82) is 0 Å². The van der Waals surface area contributed by atoms with Crippen molar-refractivity contribution in [2.24, 2.45) is 5.92 Å². The summed E-state index contributed by atoms with van der Waals surface area (Å²) in [5.41, 5.74) is 5.82. The first-order valence-electron chi connectivity index (χ1n) is 14.6. The molecule has 308 valence electrons. The third-order valence-electron chi connectivity index (χ3n) is 7.44. The van der Waals surface area contributed by atoms with Crippen LogP contribution in [-0.4, -0.2) is 127 Å². The van der Waals surface area contributed by atoms with Gasteiger partial charge in [-0.25, -0.2) is 37.5 Å². The number of nitrogens with two attached hydrogens (primary N) is 1. The van der Waals surface area contributed by atoms with Crippen LogP contribution in [-0.2, 0) is 63.9 Å². The molecular formula is C20H29N7O23P5-. The normalized spacial score (nSPS) is 34.0. The SMILES string of the molecule is Nc1ncnc2c1ncn2[C@@H]1O[C@H](COP(=O)([O-])OP(=O)(O)NP(=O)(O)OP(=O)(O)OP(=O)(O)OC[C@H]2O[C@@H](C3C=CC(=O)NC3=O)C(O)C2O)C(O)C1O. The number of amides is 2. The molecule has 2 aromatic rings. The van der Waals surface area contributed by atoms with Crippen molar-refractivity contribution in [3.05, 3.63) is 24.8 Å². The fraction of sp³-hybridized carbons (Fsp3) is 0.550. The summed E-state index contributed by atoms with van der Waals surface area (Å²) in [6.07, 6.45) is -9.65. The van der Waals surface area contributed by atoms with Gasteiger partial charge in [-0.05, 0) is 0 Å². The number of imidazole rings is 1. The zero-order valence-corrected chi connectivity index (χ0v) is 31.2. The number of anilines is 1. The third-order valence-corrected chi connectivity index (χ3v) is 15.4. The van der Waals surface area contributed by atoms with Crippen LogP contribution in [0.25, 0.3) is 11.2 Å². The zero-order chi connectivity index (χ0) is 40.9. The third kappa shape index (κ3) is 10.6. The van der Waals surface area contributed by atoms with Crippen molar-refractivity contribution in [1.82, 2.24) is 29.7 Å². The minimum absolute atomic E-state index is 0.0391. The van der Waals surface area contributed by atoms with E-state index >= 15 is 0 Å². The largest absolute Gasteiger partial charge is 0.756 e. The van der Waals surface area contributed by atoms with E-state index in [0.29, 0.717) is 4.86 Å². The van der Waals surface area contributed by atoms with Crippen molar-refractivity contribution >= 4 is 67.8 Å². The first-order chi connectivity index (χ1) is 25.3. The maximum absolute atomic E-state index is 12.3. The van der Waals surface area contributed by atoms with Gasteiger partial charge < -0.3 is 64.6 Å². The Morgan fingerprint density at radius 3 is 2.13 bits per heavy atom. The quantitative estimate of drug-likeness (QED) is 0.0563. The minimum atomic E-state index is -6.31. The van der Waals surface area contributed by atoms with Crippen LogP contribution >= 0.6 is 39.0 Å². The lowest BCUT2D eigenvalue weighted by atomic mass is 9.93. The van der Waals surface area contributed by atoms with Gasteiger partial charge in [0, 0.05) is 6.08 Å². The number of fused-ring (bicyclic) bond motifs is 1. The molecule has 10 unspecified atom stereocenters. The Bertz CT molecular complexity index is 2090. The summed E-state index contributed by atoms with van der Waals surface area (Å²) in [4.78, 5) is 87.2. The number of phosphoric acid groups is 3. The summed E-state index contributed by atoms with van der Waals surface area (Å²) in [5, 5.41) is 43.2. The second-order valence-corrected chi connectivity index (χ2v) is 19.5. The van der Waals surface area contributed by atoms with Crippen LogP contribution in [0.5, 0.6) is 0 Å². The molecule has 14 atom stereocenters. The Morgan fingerprint density at radius 2 is 1.45 bits per heavy atom. The van der Waals surface area contributed by atoms with Gasteiger partial charge in [-0.1, -0.05) is 6.08 Å². The Labute approximate surface area is 304 Å². The van der Waals surface area contributed by atoms with Crippen LogP contribution in [0.1, 0.15) is 6.23 Å². The number of rotatable bonds is 16. The van der Waals surface area contributed by atoms with E-state index in [1.165, 1.54) is 0 Å². The summed E-state index contributed by atoms with van der Waals surface area (Å²) < 4.78 is 93.4. The first-order valence-corrected chi connectivity index (χ1v) is 22.2. The number of nitrogens with one attached hydrogen (secondary N) is 2. The molecule has 3 aliphatic heterocycles. The number of aliphatic hydroxyl groups is 4. The summed E-state index contributed by atoms with van der Waals surface area (Å²) in [6.45, 7) is -2.44. The molecule has 30 nitrogen and oxygen atoms in total. The summed E-state index contributed by atoms with van der Waals surface area (Å²) in [7, 11) is -30.6. The van der Waals surface area contributed by atoms with E-state index in [1.54, 1.807) is 0 Å². The molecular weight excluding hydrogens is 861 g/mol. The summed E-state index contributed by atoms with van der Waals surface area (Å²) >= 11 is 0. The van der Waals surface area contributed by atoms with E-state index in [2.05, 4.69) is 36.9 Å². The fourth-order valence-corrected chi connectivity index (χ4v) is 12.0. The molecule has 0 radical (unpaired) electrons. The van der Waals surface area contributed by atoms with Gasteiger partial charge in [-0.15, -0.1) is 4.86 Å². The molecule has 5 heterocycles. The molecule has 0 saturated carbocycles. The predicted octanol–water partition coefficient (Wildman–Crippen LogP) is -4.11. The van der Waals surface area contributed by atoms with Crippen LogP contribution in [0.15, 0.2) is 24.8 Å². The number of hydrogen-bond donors (Lipinski definition) is 11. The molecule has 2 amide bonds. The van der Waals surface area contributed by atoms with E-state index in [1.807, 2.05) is 5.32 Å². The Morgan fingerprint density at radius 1 is 0.836 bits per heavy atom. The van der Waals surface area contributed by atoms with E-state index in [-0.39, 0.29) is 17.0 Å². The number of carbonyl (C=O) groups excluding carboxylic acids is 2. The van der Waals surface area contributed by atoms with Gasteiger partial charge >= 0.3 is 31.1 Å². The molecule has 0 aliphatic carbocycles. The van der Waals surface area contributed by atoms with Crippen LogP contribution in [0.4, 0.5) is 5.82 Å². The lowest BCUT2D eigenvalue weighted by molar-refractivity contribution is -0.220. The van der Waals surface area contributed by atoms with E-state index < -0.39 is 119 Å². The molecule has 0 spiro atoms. The fourth-order valence-electron chi connectivity index (χ4n) is 5.15. The predicted molar refractivity (Wildman–Crippen MR) is 167 cm³/mol. The molecule has 0 bridgehead atoms. The number of ether oxygens (including phenoxy) is 2. The smallest absolute Gasteiger partial charge is 0.489 e. The highest BCUT2D eigenvalue weighted by atomic mass is 31.3. The van der Waals surface area contributed by atoms with Gasteiger partial charge in [0.25, 0.3) is 7.82 Å². The maximum Gasteiger partial charge on any atom is 0.489 e. The monoisotopic (exact) mass is 890 g/mol. The summed E-state index contributed by atoms with van der Waals surface area (Å²) in [6, 6.07) is 0. The number of aliphatic hydroxyl groups excluding tert-OH is 4. The second-order valence-electron chi connectivity index (χ2n) is 11.3. The molecule has 2 fully saturated rings. The highest BCUT2D eigenvalue weighted by Crippen LogP contribution is 2.69. The highest BCUT2D eigenvalue weighted by Gasteiger charge is 2.51. The number of aromatic nitrogens is 4. The van der Waals surface area contributed by atoms with Gasteiger partial charge in [0.1, 0.15) is 54.6 Å². The molecule has 12 N–H and O–H groups in total. The Hall–Kier alpha value is -2.30. The molecule has 5 rings (SSSR count). The van der Waals surface area contributed by atoms with Gasteiger partial charge in [-0.2, -0.15) is 8.62 Å². The van der Waals surface area contributed by atoms with E-state index in [4.69, 9.17) is 15.2 Å². The molecule has 2 aromatic heterocycles. The van der Waals surface area contributed by atoms with Gasteiger partial charge in [0.05, 0.1) is 25.5 Å². The van der Waals surface area contributed by atoms with Gasteiger partial charge in [0.2, 0.25) is 11.8 Å². The van der Waals surface area contributed by atoms with Crippen molar-refractivity contribution in [2.45, 2.75) is 49.0 Å². The molecule has 2 saturated heterocycles. The standard InChI is InChI=1S/C20H30N7O23P5/c21-17-11-18(23-5-22-17)27(6-24-11)20-15(32)13(30)9(47-20)4-44-53(38,39)48-51(34,35)26-52(36,37)49-55(42,43)50-54(40,41)45-3-8-12(29)14(31)16(46-8)7-1-2-10(28)25-19(7)33/h1-2,5-9,12-16,20,29-32H,3-4H2,(H,38,39)(H,40,41)(H,42,43)(H2,21,22,23)(H,25,28,33)(H3,26,34,35,36,37)/p-1/t7?,8-,9-,12?,13?,14?,15?,16+,20-/m1/s1. The summed E-state index contributed by atoms with van der Waals surface area (Å²) in [5.74, 6) is -3.08. The number of nitrogen functional groups attached to an aromatic ring is 1. The van der Waals surface area contributed by atoms with Gasteiger partial charge in [-0.3, -0.25) is 28.6 Å². The zero-order valence-electron chi connectivity index (χ0n) is 26.7. The van der Waals surface area contributed by atoms with E-state index in [9.17, 15) is 77.3 Å². The molecule has 3 aliphatic rings. The van der Waals surface area contributed by atoms with Crippen molar-refractivity contribution in [3.8, 4) is 0 Å². The average molecular weight is 890 g/mol. The van der Waals surface area contributed by atoms with Gasteiger partial charge in [0.15, 0.2) is 17.7 Å². The van der Waals surface area contributed by atoms with Crippen molar-refractivity contribution < 1.29 is 109 Å². The number of imide groups is 1. The first kappa shape index (κ1) is 43.8. The molecule has 0 aromatic carbocycles. The number of hydrogen-bond acceptors (Lipinski definition) is 23. The van der Waals surface area contributed by atoms with Crippen LogP contribution in [0, 0.1) is 5.92 Å². The minimum Gasteiger partial charge on any atom is -0.756 e. The maximum atomic E-state index is 12.3. The second kappa shape index (κ2) is 16.2. The number of carbonyl (C=O) groups is 2. The average Bonchev–Trinajstić information content (AvgIpc) is 3.67. The molecule has 55 heavy (non-hydrogen) atoms. The van der Waals surface area contributed by atoms with Crippen LogP contribution < -0.4 is 20.8 Å². The number of nitrogens with zero attached hydrogens (tertiary/aromatic N) is 4. The topological polar surface area (TPSA) is 463 Å².